The van der Waals surface area contributed by atoms with Gasteiger partial charge in [-0.15, -0.1) is 11.6 Å². The Morgan fingerprint density at radius 1 is 1.29 bits per heavy atom. The van der Waals surface area contributed by atoms with Gasteiger partial charge < -0.3 is 4.74 Å². The molecule has 0 bridgehead atoms. The molecule has 1 aromatic heterocycles. The van der Waals surface area contributed by atoms with Crippen LogP contribution >= 0.6 is 27.5 Å². The van der Waals surface area contributed by atoms with Crippen molar-refractivity contribution < 1.29 is 4.74 Å². The van der Waals surface area contributed by atoms with Crippen LogP contribution in [-0.2, 0) is 5.88 Å². The van der Waals surface area contributed by atoms with Crippen LogP contribution in [0.1, 0.15) is 11.3 Å². The smallest absolute Gasteiger partial charge is 0.219 e. The maximum Gasteiger partial charge on any atom is 0.219 e. The summed E-state index contributed by atoms with van der Waals surface area (Å²) in [5, 5.41) is 0. The molecule has 2 aromatic rings. The molecule has 0 aliphatic heterocycles. The highest BCUT2D eigenvalue weighted by Gasteiger charge is 2.03. The number of nitrogens with zero attached hydrogens (tertiary/aromatic N) is 1. The van der Waals surface area contributed by atoms with Gasteiger partial charge in [0.05, 0.1) is 0 Å². The second-order valence-corrected chi connectivity index (χ2v) is 4.77. The average molecular weight is 313 g/mol. The molecular formula is C13H11BrClNO. The van der Waals surface area contributed by atoms with Gasteiger partial charge in [-0.25, -0.2) is 4.98 Å². The van der Waals surface area contributed by atoms with E-state index < -0.39 is 0 Å². The molecule has 0 saturated heterocycles. The van der Waals surface area contributed by atoms with E-state index in [2.05, 4.69) is 20.9 Å². The Bertz CT molecular complexity index is 531. The van der Waals surface area contributed by atoms with Crippen molar-refractivity contribution in [2.45, 2.75) is 12.8 Å². The van der Waals surface area contributed by atoms with E-state index in [1.54, 1.807) is 0 Å². The second kappa shape index (κ2) is 5.52. The van der Waals surface area contributed by atoms with Gasteiger partial charge in [0.15, 0.2) is 0 Å². The summed E-state index contributed by atoms with van der Waals surface area (Å²) in [5.41, 5.74) is 1.92. The summed E-state index contributed by atoms with van der Waals surface area (Å²) in [6.45, 7) is 1.92. The van der Waals surface area contributed by atoms with Crippen LogP contribution in [0.15, 0.2) is 40.9 Å². The summed E-state index contributed by atoms with van der Waals surface area (Å²) >= 11 is 9.17. The summed E-state index contributed by atoms with van der Waals surface area (Å²) in [6, 6.07) is 11.4. The number of aromatic nitrogens is 1. The van der Waals surface area contributed by atoms with Crippen LogP contribution in [0, 0.1) is 6.92 Å². The predicted molar refractivity (Wildman–Crippen MR) is 72.7 cm³/mol. The number of benzene rings is 1. The predicted octanol–water partition coefficient (Wildman–Crippen LogP) is 4.68. The first-order chi connectivity index (χ1) is 8.19. The Kier molecular flexibility index (Phi) is 4.02. The highest BCUT2D eigenvalue weighted by atomic mass is 79.9. The molecule has 0 atom stereocenters. The van der Waals surface area contributed by atoms with Crippen molar-refractivity contribution in [3.8, 4) is 11.6 Å². The molecule has 0 unspecified atom stereocenters. The number of alkyl halides is 1. The highest BCUT2D eigenvalue weighted by Crippen LogP contribution is 2.24. The minimum Gasteiger partial charge on any atom is -0.439 e. The van der Waals surface area contributed by atoms with Crippen LogP contribution in [0.25, 0.3) is 0 Å². The summed E-state index contributed by atoms with van der Waals surface area (Å²) in [5.74, 6) is 1.80. The van der Waals surface area contributed by atoms with E-state index in [9.17, 15) is 0 Å². The lowest BCUT2D eigenvalue weighted by molar-refractivity contribution is 0.461. The first-order valence-electron chi connectivity index (χ1n) is 5.15. The van der Waals surface area contributed by atoms with Gasteiger partial charge in [-0.1, -0.05) is 28.1 Å². The van der Waals surface area contributed by atoms with Gasteiger partial charge in [-0.3, -0.25) is 0 Å². The van der Waals surface area contributed by atoms with Crippen molar-refractivity contribution in [1.82, 2.24) is 4.98 Å². The molecule has 0 spiro atoms. The van der Waals surface area contributed by atoms with Gasteiger partial charge in [-0.2, -0.15) is 0 Å². The van der Waals surface area contributed by atoms with Gasteiger partial charge in [0.25, 0.3) is 0 Å². The van der Waals surface area contributed by atoms with Gasteiger partial charge >= 0.3 is 0 Å². The molecule has 0 amide bonds. The second-order valence-electron chi connectivity index (χ2n) is 3.59. The topological polar surface area (TPSA) is 22.1 Å². The molecule has 0 radical (unpaired) electrons. The zero-order valence-electron chi connectivity index (χ0n) is 9.28. The third-order valence-electron chi connectivity index (χ3n) is 2.33. The fourth-order valence-corrected chi connectivity index (χ4v) is 2.08. The maximum atomic E-state index is 5.78. The minimum absolute atomic E-state index is 0.468. The summed E-state index contributed by atoms with van der Waals surface area (Å²) < 4.78 is 6.63. The van der Waals surface area contributed by atoms with Crippen molar-refractivity contribution in [3.63, 3.8) is 0 Å². The SMILES string of the molecule is Cc1nc(Oc2cccc(Br)c2)ccc1CCl. The van der Waals surface area contributed by atoms with E-state index in [1.165, 1.54) is 0 Å². The molecule has 88 valence electrons. The Morgan fingerprint density at radius 3 is 2.76 bits per heavy atom. The van der Waals surface area contributed by atoms with Crippen LogP contribution in [0.2, 0.25) is 0 Å². The number of rotatable bonds is 3. The summed E-state index contributed by atoms with van der Waals surface area (Å²) in [6.07, 6.45) is 0. The monoisotopic (exact) mass is 311 g/mol. The van der Waals surface area contributed by atoms with Gasteiger partial charge in [0, 0.05) is 22.1 Å². The quantitative estimate of drug-likeness (QED) is 0.767. The van der Waals surface area contributed by atoms with E-state index in [0.29, 0.717) is 11.8 Å². The molecule has 17 heavy (non-hydrogen) atoms. The third-order valence-corrected chi connectivity index (χ3v) is 3.11. The lowest BCUT2D eigenvalue weighted by Crippen LogP contribution is -1.93. The van der Waals surface area contributed by atoms with Crippen LogP contribution in [0.3, 0.4) is 0 Å². The van der Waals surface area contributed by atoms with Gasteiger partial charge in [-0.05, 0) is 30.7 Å². The van der Waals surface area contributed by atoms with Crippen LogP contribution < -0.4 is 4.74 Å². The standard InChI is InChI=1S/C13H11BrClNO/c1-9-10(8-15)5-6-13(16-9)17-12-4-2-3-11(14)7-12/h2-7H,8H2,1H3. The van der Waals surface area contributed by atoms with Crippen molar-refractivity contribution in [3.05, 3.63) is 52.1 Å². The van der Waals surface area contributed by atoms with E-state index in [1.807, 2.05) is 43.3 Å². The average Bonchev–Trinajstić information content (AvgIpc) is 2.29. The van der Waals surface area contributed by atoms with E-state index in [4.69, 9.17) is 16.3 Å². The van der Waals surface area contributed by atoms with Crippen LogP contribution in [-0.4, -0.2) is 4.98 Å². The Hall–Kier alpha value is -1.06. The number of halogens is 2. The zero-order chi connectivity index (χ0) is 12.3. The number of aryl methyl sites for hydroxylation is 1. The summed E-state index contributed by atoms with van der Waals surface area (Å²) in [7, 11) is 0. The zero-order valence-corrected chi connectivity index (χ0v) is 11.6. The lowest BCUT2D eigenvalue weighted by Gasteiger charge is -2.07. The number of hydrogen-bond acceptors (Lipinski definition) is 2. The molecule has 0 aliphatic carbocycles. The minimum atomic E-state index is 0.468. The van der Waals surface area contributed by atoms with Crippen molar-refractivity contribution >= 4 is 27.5 Å². The highest BCUT2D eigenvalue weighted by molar-refractivity contribution is 9.10. The maximum absolute atomic E-state index is 5.78. The molecule has 1 heterocycles. The molecule has 2 rings (SSSR count). The van der Waals surface area contributed by atoms with Crippen molar-refractivity contribution in [2.24, 2.45) is 0 Å². The van der Waals surface area contributed by atoms with Crippen LogP contribution in [0.4, 0.5) is 0 Å². The van der Waals surface area contributed by atoms with Gasteiger partial charge in [0.1, 0.15) is 5.75 Å². The molecule has 2 nitrogen and oxygen atoms in total. The van der Waals surface area contributed by atoms with Crippen molar-refractivity contribution in [1.29, 1.82) is 0 Å². The molecule has 0 aliphatic rings. The number of hydrogen-bond donors (Lipinski definition) is 0. The van der Waals surface area contributed by atoms with Crippen LogP contribution in [0.5, 0.6) is 11.6 Å². The third kappa shape index (κ3) is 3.20. The normalized spacial score (nSPS) is 10.3. The van der Waals surface area contributed by atoms with E-state index in [0.717, 1.165) is 21.5 Å². The summed E-state index contributed by atoms with van der Waals surface area (Å²) in [4.78, 5) is 4.35. The number of pyridine rings is 1. The molecule has 0 saturated carbocycles. The Balaban J connectivity index is 2.22. The first-order valence-corrected chi connectivity index (χ1v) is 6.47. The fourth-order valence-electron chi connectivity index (χ4n) is 1.42. The van der Waals surface area contributed by atoms with E-state index in [-0.39, 0.29) is 0 Å². The van der Waals surface area contributed by atoms with Crippen molar-refractivity contribution in [2.75, 3.05) is 0 Å². The first kappa shape index (κ1) is 12.4. The molecule has 0 N–H and O–H groups in total. The fraction of sp³-hybridized carbons (Fsp3) is 0.154. The molecular weight excluding hydrogens is 302 g/mol. The molecule has 1 aromatic carbocycles. The molecule has 4 heteroatoms. The largest absolute Gasteiger partial charge is 0.439 e. The molecule has 0 fully saturated rings. The number of ether oxygens (including phenoxy) is 1. The van der Waals surface area contributed by atoms with Gasteiger partial charge in [0.2, 0.25) is 5.88 Å². The lowest BCUT2D eigenvalue weighted by atomic mass is 10.2. The Labute approximate surface area is 114 Å². The van der Waals surface area contributed by atoms with E-state index >= 15 is 0 Å². The Morgan fingerprint density at radius 2 is 2.12 bits per heavy atom.